The van der Waals surface area contributed by atoms with Gasteiger partial charge in [0, 0.05) is 10.3 Å². The van der Waals surface area contributed by atoms with E-state index in [1.54, 1.807) is 11.3 Å². The summed E-state index contributed by atoms with van der Waals surface area (Å²) in [5, 5.41) is 12.6. The van der Waals surface area contributed by atoms with Gasteiger partial charge in [0.25, 0.3) is 0 Å². The van der Waals surface area contributed by atoms with Gasteiger partial charge in [0.1, 0.15) is 5.75 Å². The van der Waals surface area contributed by atoms with E-state index in [4.69, 9.17) is 0 Å². The second kappa shape index (κ2) is 2.68. The van der Waals surface area contributed by atoms with Crippen LogP contribution in [0, 0.1) is 6.92 Å². The van der Waals surface area contributed by atoms with E-state index in [0.717, 1.165) is 20.5 Å². The summed E-state index contributed by atoms with van der Waals surface area (Å²) in [4.78, 5) is 0.932. The van der Waals surface area contributed by atoms with Crippen LogP contribution in [0.1, 0.15) is 5.56 Å². The Balaban J connectivity index is 2.97. The van der Waals surface area contributed by atoms with Crippen LogP contribution in [-0.4, -0.2) is 5.11 Å². The van der Waals surface area contributed by atoms with Gasteiger partial charge in [0.2, 0.25) is 0 Å². The fraction of sp³-hybridized carbons (Fsp3) is 0.111. The maximum absolute atomic E-state index is 9.65. The van der Waals surface area contributed by atoms with Gasteiger partial charge in [-0.2, -0.15) is 0 Å². The molecule has 0 aliphatic rings. The lowest BCUT2D eigenvalue weighted by atomic mass is 10.2. The molecule has 1 aromatic heterocycles. The molecular weight excluding hydrogens is 188 g/mol. The number of fused-ring (bicyclic) bond motifs is 1. The number of aromatic hydroxyl groups is 1. The Bertz CT molecular complexity index is 431. The van der Waals surface area contributed by atoms with E-state index in [9.17, 15) is 5.11 Å². The van der Waals surface area contributed by atoms with Crippen LogP contribution in [0.15, 0.2) is 22.4 Å². The molecule has 0 atom stereocenters. The molecular formula is C9H8OS2. The summed E-state index contributed by atoms with van der Waals surface area (Å²) in [5.74, 6) is 0.387. The molecule has 2 rings (SSSR count). The van der Waals surface area contributed by atoms with Gasteiger partial charge >= 0.3 is 0 Å². The van der Waals surface area contributed by atoms with Gasteiger partial charge < -0.3 is 5.11 Å². The van der Waals surface area contributed by atoms with Crippen LogP contribution in [0.25, 0.3) is 10.1 Å². The topological polar surface area (TPSA) is 20.2 Å². The predicted molar refractivity (Wildman–Crippen MR) is 55.5 cm³/mol. The first-order valence-corrected chi connectivity index (χ1v) is 4.91. The summed E-state index contributed by atoms with van der Waals surface area (Å²) in [6, 6.07) is 3.86. The van der Waals surface area contributed by atoms with Crippen molar-refractivity contribution in [3.05, 3.63) is 23.1 Å². The predicted octanol–water partition coefficient (Wildman–Crippen LogP) is 3.20. The minimum atomic E-state index is 0.387. The van der Waals surface area contributed by atoms with E-state index in [-0.39, 0.29) is 0 Å². The Kier molecular flexibility index (Phi) is 1.77. The van der Waals surface area contributed by atoms with Crippen molar-refractivity contribution in [2.75, 3.05) is 0 Å². The lowest BCUT2D eigenvalue weighted by Crippen LogP contribution is -1.76. The number of aryl methyl sites for hydroxylation is 1. The summed E-state index contributed by atoms with van der Waals surface area (Å²) in [6.07, 6.45) is 0. The third kappa shape index (κ3) is 1.01. The van der Waals surface area contributed by atoms with Crippen LogP contribution in [0.5, 0.6) is 5.75 Å². The maximum Gasteiger partial charge on any atom is 0.136 e. The molecule has 1 aromatic carbocycles. The average Bonchev–Trinajstić information content (AvgIpc) is 2.48. The quantitative estimate of drug-likeness (QED) is 0.620. The molecule has 0 radical (unpaired) electrons. The van der Waals surface area contributed by atoms with Gasteiger partial charge in [-0.05, 0) is 30.0 Å². The molecule has 1 N–H and O–H groups in total. The highest BCUT2D eigenvalue weighted by Crippen LogP contribution is 2.36. The minimum absolute atomic E-state index is 0.387. The Hall–Kier alpha value is -0.670. The number of phenols is 1. The largest absolute Gasteiger partial charge is 0.506 e. The molecule has 62 valence electrons. The highest BCUT2D eigenvalue weighted by atomic mass is 32.1. The summed E-state index contributed by atoms with van der Waals surface area (Å²) in [7, 11) is 0. The van der Waals surface area contributed by atoms with Crippen molar-refractivity contribution in [1.29, 1.82) is 0 Å². The Labute approximate surface area is 80.1 Å². The van der Waals surface area contributed by atoms with Gasteiger partial charge in [0.05, 0.1) is 4.70 Å². The van der Waals surface area contributed by atoms with Crippen LogP contribution in [0.3, 0.4) is 0 Å². The highest BCUT2D eigenvalue weighted by molar-refractivity contribution is 7.80. The van der Waals surface area contributed by atoms with Gasteiger partial charge in [-0.15, -0.1) is 24.0 Å². The molecule has 0 aliphatic carbocycles. The van der Waals surface area contributed by atoms with Gasteiger partial charge in [-0.25, -0.2) is 0 Å². The van der Waals surface area contributed by atoms with Crippen LogP contribution in [-0.2, 0) is 0 Å². The van der Waals surface area contributed by atoms with Crippen molar-refractivity contribution < 1.29 is 5.11 Å². The van der Waals surface area contributed by atoms with E-state index < -0.39 is 0 Å². The van der Waals surface area contributed by atoms with Crippen LogP contribution >= 0.6 is 24.0 Å². The number of rotatable bonds is 0. The average molecular weight is 196 g/mol. The first kappa shape index (κ1) is 7.95. The summed E-state index contributed by atoms with van der Waals surface area (Å²) < 4.78 is 0.931. The molecule has 1 heterocycles. The molecule has 0 spiro atoms. The summed E-state index contributed by atoms with van der Waals surface area (Å²) in [6.45, 7) is 1.88. The zero-order valence-corrected chi connectivity index (χ0v) is 8.25. The number of hydrogen-bond donors (Lipinski definition) is 2. The molecule has 12 heavy (non-hydrogen) atoms. The lowest BCUT2D eigenvalue weighted by Gasteiger charge is -2.01. The first-order valence-electron chi connectivity index (χ1n) is 3.59. The molecule has 0 amide bonds. The monoisotopic (exact) mass is 196 g/mol. The fourth-order valence-electron chi connectivity index (χ4n) is 1.22. The fourth-order valence-corrected chi connectivity index (χ4v) is 2.60. The van der Waals surface area contributed by atoms with Crippen molar-refractivity contribution in [3.63, 3.8) is 0 Å². The Morgan fingerprint density at radius 2 is 2.25 bits per heavy atom. The SMILES string of the molecule is Cc1cc(S)c2ccsc2c1O. The lowest BCUT2D eigenvalue weighted by molar-refractivity contribution is 0.478. The number of hydrogen-bond acceptors (Lipinski definition) is 3. The second-order valence-corrected chi connectivity index (χ2v) is 4.12. The number of thiol groups is 1. The van der Waals surface area contributed by atoms with Crippen LogP contribution in [0.4, 0.5) is 0 Å². The number of benzene rings is 1. The van der Waals surface area contributed by atoms with E-state index in [1.165, 1.54) is 0 Å². The van der Waals surface area contributed by atoms with E-state index in [1.807, 2.05) is 24.4 Å². The Morgan fingerprint density at radius 1 is 1.50 bits per heavy atom. The third-order valence-electron chi connectivity index (χ3n) is 1.88. The molecule has 0 fully saturated rings. The van der Waals surface area contributed by atoms with Crippen molar-refractivity contribution >= 4 is 34.1 Å². The molecule has 3 heteroatoms. The van der Waals surface area contributed by atoms with Crippen molar-refractivity contribution in [3.8, 4) is 5.75 Å². The summed E-state index contributed by atoms with van der Waals surface area (Å²) in [5.41, 5.74) is 0.884. The molecule has 1 nitrogen and oxygen atoms in total. The van der Waals surface area contributed by atoms with Crippen molar-refractivity contribution in [2.45, 2.75) is 11.8 Å². The second-order valence-electron chi connectivity index (χ2n) is 2.72. The van der Waals surface area contributed by atoms with E-state index >= 15 is 0 Å². The third-order valence-corrected chi connectivity index (χ3v) is 3.17. The molecule has 0 saturated carbocycles. The van der Waals surface area contributed by atoms with E-state index in [2.05, 4.69) is 12.6 Å². The van der Waals surface area contributed by atoms with Gasteiger partial charge in [-0.1, -0.05) is 0 Å². The Morgan fingerprint density at radius 3 is 3.00 bits per heavy atom. The molecule has 0 saturated heterocycles. The molecule has 0 bridgehead atoms. The summed E-state index contributed by atoms with van der Waals surface area (Å²) >= 11 is 5.87. The first-order chi connectivity index (χ1) is 5.70. The molecule has 0 unspecified atom stereocenters. The van der Waals surface area contributed by atoms with Gasteiger partial charge in [0.15, 0.2) is 0 Å². The maximum atomic E-state index is 9.65. The van der Waals surface area contributed by atoms with Crippen molar-refractivity contribution in [2.24, 2.45) is 0 Å². The molecule has 0 aliphatic heterocycles. The normalized spacial score (nSPS) is 10.8. The highest BCUT2D eigenvalue weighted by Gasteiger charge is 2.06. The van der Waals surface area contributed by atoms with E-state index in [0.29, 0.717) is 5.75 Å². The van der Waals surface area contributed by atoms with Gasteiger partial charge in [-0.3, -0.25) is 0 Å². The minimum Gasteiger partial charge on any atom is -0.506 e. The van der Waals surface area contributed by atoms with Crippen LogP contribution in [0.2, 0.25) is 0 Å². The standard InChI is InChI=1S/C9H8OS2/c1-5-4-7(11)6-2-3-12-9(6)8(5)10/h2-4,10-11H,1H3. The number of phenolic OH excluding ortho intramolecular Hbond substituents is 1. The zero-order valence-electron chi connectivity index (χ0n) is 6.53. The number of thiophene rings is 1. The van der Waals surface area contributed by atoms with Crippen molar-refractivity contribution in [1.82, 2.24) is 0 Å². The zero-order chi connectivity index (χ0) is 8.72. The smallest absolute Gasteiger partial charge is 0.136 e. The van der Waals surface area contributed by atoms with Crippen LogP contribution < -0.4 is 0 Å². The molecule has 2 aromatic rings.